The van der Waals surface area contributed by atoms with Gasteiger partial charge in [-0.3, -0.25) is 4.79 Å². The minimum atomic E-state index is -0.134. The molecule has 0 aliphatic carbocycles. The first-order chi connectivity index (χ1) is 10.4. The number of thiazole rings is 1. The zero-order valence-corrected chi connectivity index (χ0v) is 13.5. The van der Waals surface area contributed by atoms with Gasteiger partial charge in [-0.05, 0) is 18.2 Å². The number of carbonyl (C=O) groups is 1. The van der Waals surface area contributed by atoms with Crippen LogP contribution in [-0.2, 0) is 16.8 Å². The molecule has 0 radical (unpaired) electrons. The summed E-state index contributed by atoms with van der Waals surface area (Å²) in [4.78, 5) is 20.4. The van der Waals surface area contributed by atoms with Gasteiger partial charge in [-0.15, -0.1) is 11.3 Å². The van der Waals surface area contributed by atoms with Gasteiger partial charge >= 0.3 is 0 Å². The van der Waals surface area contributed by atoms with Crippen LogP contribution in [0.5, 0.6) is 0 Å². The number of hydrogen-bond donors (Lipinski definition) is 1. The Morgan fingerprint density at radius 3 is 2.86 bits per heavy atom. The summed E-state index contributed by atoms with van der Waals surface area (Å²) in [5.74, 6) is -0.134. The van der Waals surface area contributed by atoms with Gasteiger partial charge < -0.3 is 5.32 Å². The molecule has 3 rings (SSSR count). The quantitative estimate of drug-likeness (QED) is 0.806. The number of nitrogens with one attached hydrogen (secondary N) is 1. The van der Waals surface area contributed by atoms with Crippen molar-refractivity contribution in [2.75, 3.05) is 5.32 Å². The van der Waals surface area contributed by atoms with Crippen LogP contribution in [0.15, 0.2) is 30.9 Å². The molecule has 1 aromatic carbocycles. The molecule has 1 amide bonds. The van der Waals surface area contributed by atoms with Crippen LogP contribution in [0.3, 0.4) is 0 Å². The van der Waals surface area contributed by atoms with Gasteiger partial charge in [0.1, 0.15) is 19.2 Å². The molecule has 6 nitrogen and oxygen atoms in total. The van der Waals surface area contributed by atoms with Crippen LogP contribution >= 0.6 is 11.3 Å². The molecule has 2 heterocycles. The molecule has 2 aromatic heterocycles. The number of hydrogen-bond acceptors (Lipinski definition) is 5. The molecule has 0 spiro atoms. The Morgan fingerprint density at radius 2 is 2.18 bits per heavy atom. The van der Waals surface area contributed by atoms with Crippen molar-refractivity contribution in [3.8, 4) is 0 Å². The molecule has 7 heteroatoms. The van der Waals surface area contributed by atoms with E-state index in [1.807, 2.05) is 18.2 Å². The molecule has 0 fully saturated rings. The molecule has 114 valence electrons. The zero-order chi connectivity index (χ0) is 15.7. The Bertz CT molecular complexity index is 801. The van der Waals surface area contributed by atoms with Crippen LogP contribution in [0, 0.1) is 0 Å². The lowest BCUT2D eigenvalue weighted by molar-refractivity contribution is -0.116. The highest BCUT2D eigenvalue weighted by Crippen LogP contribution is 2.32. The normalized spacial score (nSPS) is 11.8. The molecule has 0 aliphatic heterocycles. The average molecular weight is 315 g/mol. The van der Waals surface area contributed by atoms with Crippen molar-refractivity contribution < 1.29 is 4.79 Å². The van der Waals surface area contributed by atoms with E-state index in [0.29, 0.717) is 0 Å². The van der Waals surface area contributed by atoms with E-state index in [1.54, 1.807) is 11.3 Å². The highest BCUT2D eigenvalue weighted by atomic mass is 32.1. The fourth-order valence-electron chi connectivity index (χ4n) is 1.99. The van der Waals surface area contributed by atoms with Gasteiger partial charge in [0, 0.05) is 11.1 Å². The summed E-state index contributed by atoms with van der Waals surface area (Å²) >= 11 is 1.66. The van der Waals surface area contributed by atoms with Gasteiger partial charge in [-0.1, -0.05) is 20.8 Å². The lowest BCUT2D eigenvalue weighted by atomic mass is 9.98. The minimum Gasteiger partial charge on any atom is -0.324 e. The van der Waals surface area contributed by atoms with Crippen LogP contribution in [0.4, 0.5) is 5.69 Å². The van der Waals surface area contributed by atoms with Crippen molar-refractivity contribution in [1.82, 2.24) is 19.7 Å². The molecular formula is C15H17N5OS. The maximum atomic E-state index is 12.0. The molecule has 0 saturated heterocycles. The van der Waals surface area contributed by atoms with Crippen molar-refractivity contribution in [2.45, 2.75) is 32.7 Å². The van der Waals surface area contributed by atoms with E-state index in [0.717, 1.165) is 20.9 Å². The summed E-state index contributed by atoms with van der Waals surface area (Å²) < 4.78 is 2.56. The lowest BCUT2D eigenvalue weighted by Crippen LogP contribution is -2.18. The standard InChI is InChI=1S/C15H17N5OS/c1-15(2,3)14-19-11-5-4-10(6-12(11)22-14)18-13(21)7-20-9-16-8-17-20/h4-6,8-9H,7H2,1-3H3,(H,18,21). The summed E-state index contributed by atoms with van der Waals surface area (Å²) in [6.07, 6.45) is 2.92. The molecule has 0 atom stereocenters. The third-order valence-corrected chi connectivity index (χ3v) is 4.53. The van der Waals surface area contributed by atoms with Crippen molar-refractivity contribution >= 4 is 33.1 Å². The van der Waals surface area contributed by atoms with E-state index >= 15 is 0 Å². The maximum Gasteiger partial charge on any atom is 0.246 e. The zero-order valence-electron chi connectivity index (χ0n) is 12.7. The maximum absolute atomic E-state index is 12.0. The molecule has 22 heavy (non-hydrogen) atoms. The van der Waals surface area contributed by atoms with E-state index in [1.165, 1.54) is 17.3 Å². The third kappa shape index (κ3) is 3.14. The molecule has 0 saturated carbocycles. The summed E-state index contributed by atoms with van der Waals surface area (Å²) in [6, 6.07) is 5.77. The SMILES string of the molecule is CC(C)(C)c1nc2ccc(NC(=O)Cn3cncn3)cc2s1. The van der Waals surface area contributed by atoms with Crippen molar-refractivity contribution in [2.24, 2.45) is 0 Å². The van der Waals surface area contributed by atoms with Gasteiger partial charge in [0.2, 0.25) is 5.91 Å². The summed E-state index contributed by atoms with van der Waals surface area (Å²) in [6.45, 7) is 6.58. The summed E-state index contributed by atoms with van der Waals surface area (Å²) in [7, 11) is 0. The number of rotatable bonds is 3. The monoisotopic (exact) mass is 315 g/mol. The number of aromatic nitrogens is 4. The molecule has 0 unspecified atom stereocenters. The van der Waals surface area contributed by atoms with Gasteiger partial charge in [0.15, 0.2) is 0 Å². The smallest absolute Gasteiger partial charge is 0.246 e. The second-order valence-corrected chi connectivity index (χ2v) is 7.12. The minimum absolute atomic E-state index is 0.0280. The van der Waals surface area contributed by atoms with Crippen LogP contribution in [0.1, 0.15) is 25.8 Å². The lowest BCUT2D eigenvalue weighted by Gasteiger charge is -2.13. The average Bonchev–Trinajstić information content (AvgIpc) is 3.06. The van der Waals surface area contributed by atoms with Crippen molar-refractivity contribution in [1.29, 1.82) is 0 Å². The van der Waals surface area contributed by atoms with Crippen LogP contribution < -0.4 is 5.32 Å². The first-order valence-electron chi connectivity index (χ1n) is 6.95. The Labute approximate surface area is 132 Å². The van der Waals surface area contributed by atoms with Crippen LogP contribution in [-0.4, -0.2) is 25.7 Å². The molecule has 1 N–H and O–H groups in total. The highest BCUT2D eigenvalue weighted by molar-refractivity contribution is 7.18. The van der Waals surface area contributed by atoms with E-state index in [4.69, 9.17) is 0 Å². The molecular weight excluding hydrogens is 298 g/mol. The number of anilines is 1. The summed E-state index contributed by atoms with van der Waals surface area (Å²) in [5.41, 5.74) is 1.76. The second-order valence-electron chi connectivity index (χ2n) is 6.09. The number of nitrogens with zero attached hydrogens (tertiary/aromatic N) is 4. The summed E-state index contributed by atoms with van der Waals surface area (Å²) in [5, 5.41) is 7.88. The van der Waals surface area contributed by atoms with Gasteiger partial charge in [0.05, 0.1) is 15.2 Å². The predicted octanol–water partition coefficient (Wildman–Crippen LogP) is 2.82. The van der Waals surface area contributed by atoms with Gasteiger partial charge in [0.25, 0.3) is 0 Å². The highest BCUT2D eigenvalue weighted by Gasteiger charge is 2.18. The Morgan fingerprint density at radius 1 is 1.36 bits per heavy atom. The fraction of sp³-hybridized carbons (Fsp3) is 0.333. The van der Waals surface area contributed by atoms with E-state index in [-0.39, 0.29) is 17.9 Å². The van der Waals surface area contributed by atoms with E-state index in [9.17, 15) is 4.79 Å². The first kappa shape index (κ1) is 14.6. The molecule has 0 bridgehead atoms. The number of amides is 1. The Hall–Kier alpha value is -2.28. The van der Waals surface area contributed by atoms with Crippen LogP contribution in [0.25, 0.3) is 10.2 Å². The number of benzene rings is 1. The fourth-order valence-corrected chi connectivity index (χ4v) is 3.05. The Balaban J connectivity index is 1.78. The van der Waals surface area contributed by atoms with Crippen LogP contribution in [0.2, 0.25) is 0 Å². The van der Waals surface area contributed by atoms with E-state index < -0.39 is 0 Å². The third-order valence-electron chi connectivity index (χ3n) is 3.09. The van der Waals surface area contributed by atoms with Gasteiger partial charge in [-0.25, -0.2) is 14.6 Å². The number of fused-ring (bicyclic) bond motifs is 1. The largest absolute Gasteiger partial charge is 0.324 e. The predicted molar refractivity (Wildman–Crippen MR) is 87.0 cm³/mol. The Kier molecular flexibility index (Phi) is 3.66. The van der Waals surface area contributed by atoms with E-state index in [2.05, 4.69) is 41.2 Å². The van der Waals surface area contributed by atoms with Gasteiger partial charge in [-0.2, -0.15) is 5.10 Å². The second kappa shape index (κ2) is 5.49. The topological polar surface area (TPSA) is 72.7 Å². The molecule has 3 aromatic rings. The van der Waals surface area contributed by atoms with Crippen molar-refractivity contribution in [3.05, 3.63) is 35.9 Å². The van der Waals surface area contributed by atoms with Crippen molar-refractivity contribution in [3.63, 3.8) is 0 Å². The first-order valence-corrected chi connectivity index (χ1v) is 7.77. The molecule has 0 aliphatic rings. The number of carbonyl (C=O) groups excluding carboxylic acids is 1.